The maximum atomic E-state index is 13.0. The van der Waals surface area contributed by atoms with Gasteiger partial charge in [-0.3, -0.25) is 14.9 Å². The van der Waals surface area contributed by atoms with E-state index in [0.29, 0.717) is 30.6 Å². The van der Waals surface area contributed by atoms with Gasteiger partial charge >= 0.3 is 0 Å². The lowest BCUT2D eigenvalue weighted by atomic mass is 10.0. The van der Waals surface area contributed by atoms with Gasteiger partial charge in [0.15, 0.2) is 23.0 Å². The molecule has 0 saturated carbocycles. The third-order valence-corrected chi connectivity index (χ3v) is 5.66. The number of nitro groups is 1. The second kappa shape index (κ2) is 10.6. The van der Waals surface area contributed by atoms with Crippen molar-refractivity contribution in [3.05, 3.63) is 45.3 Å². The van der Waals surface area contributed by atoms with Crippen molar-refractivity contribution in [3.63, 3.8) is 0 Å². The van der Waals surface area contributed by atoms with Gasteiger partial charge in [-0.1, -0.05) is 39.5 Å². The molecule has 0 spiro atoms. The number of aromatic hydroxyl groups is 1. The maximum Gasteiger partial charge on any atom is 0.282 e. The fourth-order valence-corrected chi connectivity index (χ4v) is 3.75. The average Bonchev–Trinajstić information content (AvgIpc) is 3.11. The minimum atomic E-state index is -0.552. The van der Waals surface area contributed by atoms with Crippen LogP contribution in [0.5, 0.6) is 5.75 Å². The SMILES string of the molecule is CCCCCCCc1cc([N+](=O)[O-])c(C(=O)N2C=C(OI)CC2CC)cc1O. The molecule has 28 heavy (non-hydrogen) atoms. The zero-order valence-corrected chi connectivity index (χ0v) is 18.5. The number of phenolic OH excluding ortho intramolecular Hbond substituents is 1. The van der Waals surface area contributed by atoms with E-state index in [1.54, 1.807) is 29.2 Å². The minimum Gasteiger partial charge on any atom is -0.508 e. The normalized spacial score (nSPS) is 16.2. The molecule has 0 radical (unpaired) electrons. The molecule has 8 heteroatoms. The van der Waals surface area contributed by atoms with Crippen LogP contribution in [0.25, 0.3) is 0 Å². The predicted molar refractivity (Wildman–Crippen MR) is 115 cm³/mol. The summed E-state index contributed by atoms with van der Waals surface area (Å²) in [6.07, 6.45) is 8.67. The van der Waals surface area contributed by atoms with Gasteiger partial charge in [-0.2, -0.15) is 0 Å². The topological polar surface area (TPSA) is 92.9 Å². The van der Waals surface area contributed by atoms with Gasteiger partial charge in [0.2, 0.25) is 0 Å². The number of phenols is 1. The highest BCUT2D eigenvalue weighted by Crippen LogP contribution is 2.34. The van der Waals surface area contributed by atoms with Crippen LogP contribution >= 0.6 is 23.0 Å². The van der Waals surface area contributed by atoms with Crippen molar-refractivity contribution in [1.82, 2.24) is 4.90 Å². The van der Waals surface area contributed by atoms with E-state index in [4.69, 9.17) is 3.07 Å². The molecule has 0 aromatic heterocycles. The number of nitro benzene ring substituents is 1. The van der Waals surface area contributed by atoms with Gasteiger partial charge in [0.25, 0.3) is 11.6 Å². The van der Waals surface area contributed by atoms with E-state index < -0.39 is 10.8 Å². The first kappa shape index (κ1) is 22.4. The molecule has 1 aliphatic heterocycles. The molecule has 0 saturated heterocycles. The van der Waals surface area contributed by atoms with Gasteiger partial charge in [0.05, 0.1) is 4.92 Å². The lowest BCUT2D eigenvalue weighted by Gasteiger charge is -2.22. The van der Waals surface area contributed by atoms with E-state index in [1.807, 2.05) is 6.92 Å². The summed E-state index contributed by atoms with van der Waals surface area (Å²) in [5, 5.41) is 22.0. The Morgan fingerprint density at radius 2 is 2.04 bits per heavy atom. The molecule has 1 atom stereocenters. The molecule has 1 unspecified atom stereocenters. The van der Waals surface area contributed by atoms with Crippen LogP contribution in [0.1, 0.15) is 74.7 Å². The fourth-order valence-electron chi connectivity index (χ4n) is 3.46. The first-order valence-electron chi connectivity index (χ1n) is 9.75. The summed E-state index contributed by atoms with van der Waals surface area (Å²) in [4.78, 5) is 25.5. The van der Waals surface area contributed by atoms with Crippen molar-refractivity contribution in [2.24, 2.45) is 0 Å². The standard InChI is InChI=1S/C20H27IN2O5/c1-3-5-6-7-8-9-14-10-18(23(26)27)17(12-19(14)24)20(25)22-13-16(28-21)11-15(22)4-2/h10,12-13,15,24H,3-9,11H2,1-2H3. The molecule has 2 rings (SSSR count). The summed E-state index contributed by atoms with van der Waals surface area (Å²) in [5.41, 5.74) is 0.153. The third-order valence-electron chi connectivity index (χ3n) is 5.09. The highest BCUT2D eigenvalue weighted by molar-refractivity contribution is 14.1. The zero-order valence-electron chi connectivity index (χ0n) is 16.3. The molecule has 0 bridgehead atoms. The van der Waals surface area contributed by atoms with E-state index in [-0.39, 0.29) is 23.0 Å². The Hall–Kier alpha value is -1.84. The predicted octanol–water partition coefficient (Wildman–Crippen LogP) is 5.65. The van der Waals surface area contributed by atoms with Crippen LogP contribution in [0.3, 0.4) is 0 Å². The molecule has 1 heterocycles. The first-order valence-corrected chi connectivity index (χ1v) is 10.6. The van der Waals surface area contributed by atoms with Crippen LogP contribution in [-0.4, -0.2) is 26.9 Å². The van der Waals surface area contributed by atoms with Crippen molar-refractivity contribution in [2.75, 3.05) is 0 Å². The number of carbonyl (C=O) groups excluding carboxylic acids is 1. The van der Waals surface area contributed by atoms with Crippen LogP contribution in [-0.2, 0) is 9.49 Å². The second-order valence-electron chi connectivity index (χ2n) is 7.07. The summed E-state index contributed by atoms with van der Waals surface area (Å²) in [6.45, 7) is 4.08. The van der Waals surface area contributed by atoms with Crippen molar-refractivity contribution in [2.45, 2.75) is 71.3 Å². The second-order valence-corrected chi connectivity index (χ2v) is 7.51. The maximum absolute atomic E-state index is 13.0. The number of amides is 1. The number of aryl methyl sites for hydroxylation is 1. The number of rotatable bonds is 10. The lowest BCUT2D eigenvalue weighted by Crippen LogP contribution is -2.32. The highest BCUT2D eigenvalue weighted by atomic mass is 127. The number of halogens is 1. The van der Waals surface area contributed by atoms with Gasteiger partial charge in [-0.25, -0.2) is 0 Å². The molecule has 0 aliphatic carbocycles. The minimum absolute atomic E-state index is 0.0639. The molecule has 1 aromatic carbocycles. The van der Waals surface area contributed by atoms with Gasteiger partial charge in [-0.05, 0) is 25.3 Å². The van der Waals surface area contributed by atoms with Crippen LogP contribution < -0.4 is 0 Å². The Labute approximate surface area is 179 Å². The molecular weight excluding hydrogens is 475 g/mol. The van der Waals surface area contributed by atoms with Gasteiger partial charge in [0, 0.05) is 30.3 Å². The van der Waals surface area contributed by atoms with E-state index in [9.17, 15) is 20.0 Å². The fraction of sp³-hybridized carbons (Fsp3) is 0.550. The molecule has 1 N–H and O–H groups in total. The Balaban J connectivity index is 2.26. The number of hydrogen-bond acceptors (Lipinski definition) is 5. The van der Waals surface area contributed by atoms with Crippen molar-refractivity contribution >= 4 is 34.6 Å². The number of benzene rings is 1. The number of nitrogens with zero attached hydrogens (tertiary/aromatic N) is 2. The van der Waals surface area contributed by atoms with Crippen molar-refractivity contribution in [3.8, 4) is 5.75 Å². The van der Waals surface area contributed by atoms with Crippen LogP contribution in [0.15, 0.2) is 24.1 Å². The Bertz CT molecular complexity index is 750. The van der Waals surface area contributed by atoms with E-state index in [0.717, 1.165) is 32.1 Å². The van der Waals surface area contributed by atoms with E-state index >= 15 is 0 Å². The average molecular weight is 502 g/mol. The number of hydrogen-bond donors (Lipinski definition) is 1. The van der Waals surface area contributed by atoms with E-state index in [1.165, 1.54) is 17.0 Å². The summed E-state index contributed by atoms with van der Waals surface area (Å²) in [7, 11) is 0. The monoisotopic (exact) mass is 502 g/mol. The van der Waals surface area contributed by atoms with Crippen LogP contribution in [0.4, 0.5) is 5.69 Å². The lowest BCUT2D eigenvalue weighted by molar-refractivity contribution is -0.385. The number of unbranched alkanes of at least 4 members (excludes halogenated alkanes) is 4. The summed E-state index contributed by atoms with van der Waals surface area (Å²) in [6, 6.07) is 2.47. The van der Waals surface area contributed by atoms with Crippen LogP contribution in [0, 0.1) is 10.1 Å². The Kier molecular flexibility index (Phi) is 8.53. The molecule has 1 aliphatic rings. The van der Waals surface area contributed by atoms with Gasteiger partial charge < -0.3 is 13.1 Å². The highest BCUT2D eigenvalue weighted by Gasteiger charge is 2.33. The molecule has 1 aromatic rings. The first-order chi connectivity index (χ1) is 13.4. The quantitative estimate of drug-likeness (QED) is 0.193. The molecule has 0 fully saturated rings. The molecule has 154 valence electrons. The number of carbonyl (C=O) groups is 1. The molecule has 1 amide bonds. The van der Waals surface area contributed by atoms with E-state index in [2.05, 4.69) is 6.92 Å². The summed E-state index contributed by atoms with van der Waals surface area (Å²) in [5.74, 6) is 0.0919. The molecular formula is C20H27IN2O5. The van der Waals surface area contributed by atoms with Gasteiger partial charge in [-0.15, -0.1) is 0 Å². The Morgan fingerprint density at radius 1 is 1.32 bits per heavy atom. The van der Waals surface area contributed by atoms with Crippen molar-refractivity contribution < 1.29 is 17.9 Å². The van der Waals surface area contributed by atoms with Crippen LogP contribution in [0.2, 0.25) is 0 Å². The smallest absolute Gasteiger partial charge is 0.282 e. The third kappa shape index (κ3) is 5.36. The largest absolute Gasteiger partial charge is 0.508 e. The summed E-state index contributed by atoms with van der Waals surface area (Å²) >= 11 is 1.76. The zero-order chi connectivity index (χ0) is 20.7. The van der Waals surface area contributed by atoms with Crippen molar-refractivity contribution in [1.29, 1.82) is 0 Å². The molecule has 7 nitrogen and oxygen atoms in total. The summed E-state index contributed by atoms with van der Waals surface area (Å²) < 4.78 is 5.21. The van der Waals surface area contributed by atoms with Gasteiger partial charge in [0.1, 0.15) is 17.1 Å². The Morgan fingerprint density at radius 3 is 2.64 bits per heavy atom.